The summed E-state index contributed by atoms with van der Waals surface area (Å²) in [5.41, 5.74) is -0.287. The standard InChI is InChI=1S/C22H17ClN2O8S2/c1-32-19-9-6-14(22(26)27)10-20(19)34(28,29)24-16-8-7-15(23)12-17(16)25-35(30,31)21-11-13-4-2-3-5-18(13)33-21/h2-12,24-25H,1H3,(H,26,27). The molecule has 35 heavy (non-hydrogen) atoms. The molecule has 182 valence electrons. The Morgan fingerprint density at radius 1 is 0.914 bits per heavy atom. The van der Waals surface area contributed by atoms with Gasteiger partial charge in [-0.2, -0.15) is 8.42 Å². The minimum absolute atomic E-state index is 0.110. The Morgan fingerprint density at radius 3 is 2.31 bits per heavy atom. The number of fused-ring (bicyclic) bond motifs is 1. The Labute approximate surface area is 205 Å². The summed E-state index contributed by atoms with van der Waals surface area (Å²) in [5, 5.41) is 9.54. The maximum Gasteiger partial charge on any atom is 0.335 e. The number of carbonyl (C=O) groups is 1. The van der Waals surface area contributed by atoms with E-state index < -0.39 is 30.9 Å². The van der Waals surface area contributed by atoms with Gasteiger partial charge >= 0.3 is 5.97 Å². The van der Waals surface area contributed by atoms with Crippen LogP contribution < -0.4 is 14.2 Å². The van der Waals surface area contributed by atoms with Gasteiger partial charge in [-0.25, -0.2) is 13.2 Å². The van der Waals surface area contributed by atoms with Gasteiger partial charge in [-0.05, 0) is 42.5 Å². The normalized spacial score (nSPS) is 11.8. The van der Waals surface area contributed by atoms with Crippen LogP contribution in [-0.4, -0.2) is 35.0 Å². The van der Waals surface area contributed by atoms with Crippen LogP contribution in [0.5, 0.6) is 5.75 Å². The van der Waals surface area contributed by atoms with E-state index >= 15 is 0 Å². The molecule has 0 saturated carbocycles. The van der Waals surface area contributed by atoms with Gasteiger partial charge in [0.15, 0.2) is 0 Å². The SMILES string of the molecule is COc1ccc(C(=O)O)cc1S(=O)(=O)Nc1ccc(Cl)cc1NS(=O)(=O)c1cc2ccccc2o1. The molecule has 0 radical (unpaired) electrons. The second-order valence-corrected chi connectivity index (χ2v) is 10.9. The number of furan rings is 1. The predicted molar refractivity (Wildman–Crippen MR) is 129 cm³/mol. The summed E-state index contributed by atoms with van der Waals surface area (Å²) in [7, 11) is -7.48. The quantitative estimate of drug-likeness (QED) is 0.300. The number of rotatable bonds is 8. The third-order valence-electron chi connectivity index (χ3n) is 4.84. The first kappa shape index (κ1) is 24.4. The molecule has 0 unspecified atom stereocenters. The van der Waals surface area contributed by atoms with Gasteiger partial charge in [-0.15, -0.1) is 0 Å². The van der Waals surface area contributed by atoms with E-state index in [1.54, 1.807) is 24.3 Å². The van der Waals surface area contributed by atoms with E-state index in [0.717, 1.165) is 6.07 Å². The van der Waals surface area contributed by atoms with Crippen molar-refractivity contribution in [3.63, 3.8) is 0 Å². The van der Waals surface area contributed by atoms with Crippen molar-refractivity contribution in [2.24, 2.45) is 0 Å². The summed E-state index contributed by atoms with van der Waals surface area (Å²) in [6, 6.07) is 15.2. The fraction of sp³-hybridized carbons (Fsp3) is 0.0455. The molecule has 0 atom stereocenters. The fourth-order valence-electron chi connectivity index (χ4n) is 3.19. The fourth-order valence-corrected chi connectivity index (χ4v) is 5.68. The Hall–Kier alpha value is -3.74. The number of carboxylic acids is 1. The van der Waals surface area contributed by atoms with Gasteiger partial charge in [0, 0.05) is 16.5 Å². The number of ether oxygens (including phenoxy) is 1. The van der Waals surface area contributed by atoms with Crippen molar-refractivity contribution in [1.82, 2.24) is 0 Å². The summed E-state index contributed by atoms with van der Waals surface area (Å²) in [5.74, 6) is -1.45. The van der Waals surface area contributed by atoms with Crippen molar-refractivity contribution in [2.75, 3.05) is 16.6 Å². The van der Waals surface area contributed by atoms with Crippen LogP contribution >= 0.6 is 11.6 Å². The zero-order chi connectivity index (χ0) is 25.4. The number of halogens is 1. The van der Waals surface area contributed by atoms with Crippen LogP contribution in [0, 0.1) is 0 Å². The minimum atomic E-state index is -4.43. The zero-order valence-corrected chi connectivity index (χ0v) is 20.2. The van der Waals surface area contributed by atoms with E-state index in [0.29, 0.717) is 11.0 Å². The molecule has 3 aromatic carbocycles. The van der Waals surface area contributed by atoms with Crippen molar-refractivity contribution in [3.8, 4) is 5.75 Å². The molecule has 0 spiro atoms. The third-order valence-corrected chi connectivity index (χ3v) is 7.68. The lowest BCUT2D eigenvalue weighted by atomic mass is 10.2. The summed E-state index contributed by atoms with van der Waals surface area (Å²) >= 11 is 6.03. The van der Waals surface area contributed by atoms with Crippen LogP contribution in [0.2, 0.25) is 5.02 Å². The molecule has 0 aliphatic heterocycles. The molecule has 3 N–H and O–H groups in total. The molecular formula is C22H17ClN2O8S2. The molecule has 4 aromatic rings. The number of nitrogens with one attached hydrogen (secondary N) is 2. The van der Waals surface area contributed by atoms with Crippen molar-refractivity contribution in [2.45, 2.75) is 9.99 Å². The topological polar surface area (TPSA) is 152 Å². The smallest absolute Gasteiger partial charge is 0.335 e. The van der Waals surface area contributed by atoms with Crippen LogP contribution in [0.25, 0.3) is 11.0 Å². The average Bonchev–Trinajstić information content (AvgIpc) is 3.25. The zero-order valence-electron chi connectivity index (χ0n) is 17.9. The molecule has 10 nitrogen and oxygen atoms in total. The molecule has 0 saturated heterocycles. The molecule has 0 bridgehead atoms. The summed E-state index contributed by atoms with van der Waals surface area (Å²) < 4.78 is 67.2. The van der Waals surface area contributed by atoms with E-state index in [1.165, 1.54) is 43.5 Å². The minimum Gasteiger partial charge on any atom is -0.495 e. The molecule has 1 aromatic heterocycles. The highest BCUT2D eigenvalue weighted by atomic mass is 35.5. The lowest BCUT2D eigenvalue weighted by molar-refractivity contribution is 0.0696. The summed E-state index contributed by atoms with van der Waals surface area (Å²) in [4.78, 5) is 10.9. The average molecular weight is 537 g/mol. The van der Waals surface area contributed by atoms with Gasteiger partial charge in [-0.3, -0.25) is 9.44 Å². The number of anilines is 2. The molecular weight excluding hydrogens is 520 g/mol. The highest BCUT2D eigenvalue weighted by Gasteiger charge is 2.25. The summed E-state index contributed by atoms with van der Waals surface area (Å²) in [6.45, 7) is 0. The second kappa shape index (κ2) is 9.13. The number of methoxy groups -OCH3 is 1. The largest absolute Gasteiger partial charge is 0.495 e. The second-order valence-electron chi connectivity index (χ2n) is 7.17. The first-order valence-electron chi connectivity index (χ1n) is 9.75. The monoisotopic (exact) mass is 536 g/mol. The van der Waals surface area contributed by atoms with Gasteiger partial charge in [0.05, 0.1) is 24.0 Å². The number of sulfonamides is 2. The Kier molecular flexibility index (Phi) is 6.36. The molecule has 0 aliphatic carbocycles. The van der Waals surface area contributed by atoms with Gasteiger partial charge < -0.3 is 14.3 Å². The lowest BCUT2D eigenvalue weighted by Crippen LogP contribution is -2.18. The first-order chi connectivity index (χ1) is 16.5. The van der Waals surface area contributed by atoms with Crippen molar-refractivity contribution < 1.29 is 35.9 Å². The Morgan fingerprint density at radius 2 is 1.63 bits per heavy atom. The van der Waals surface area contributed by atoms with Crippen LogP contribution in [0.1, 0.15) is 10.4 Å². The van der Waals surface area contributed by atoms with E-state index in [4.69, 9.17) is 20.8 Å². The van der Waals surface area contributed by atoms with Gasteiger partial charge in [0.2, 0.25) is 5.09 Å². The first-order valence-corrected chi connectivity index (χ1v) is 13.1. The number of para-hydroxylation sites is 1. The number of hydrogen-bond donors (Lipinski definition) is 3. The number of carboxylic acid groups (broad SMARTS) is 1. The van der Waals surface area contributed by atoms with Gasteiger partial charge in [-0.1, -0.05) is 29.8 Å². The van der Waals surface area contributed by atoms with E-state index in [-0.39, 0.29) is 32.8 Å². The number of hydrogen-bond acceptors (Lipinski definition) is 7. The van der Waals surface area contributed by atoms with Crippen molar-refractivity contribution in [1.29, 1.82) is 0 Å². The van der Waals surface area contributed by atoms with Crippen LogP contribution in [0.4, 0.5) is 11.4 Å². The molecule has 1 heterocycles. The highest BCUT2D eigenvalue weighted by molar-refractivity contribution is 7.93. The highest BCUT2D eigenvalue weighted by Crippen LogP contribution is 2.33. The van der Waals surface area contributed by atoms with Gasteiger partial charge in [0.25, 0.3) is 20.0 Å². The molecule has 0 aliphatic rings. The predicted octanol–water partition coefficient (Wildman–Crippen LogP) is 4.39. The Balaban J connectivity index is 1.73. The third kappa shape index (κ3) is 5.04. The van der Waals surface area contributed by atoms with Crippen molar-refractivity contribution >= 4 is 60.0 Å². The summed E-state index contributed by atoms with van der Waals surface area (Å²) in [6.07, 6.45) is 0. The van der Waals surface area contributed by atoms with Crippen LogP contribution in [0.15, 0.2) is 81.1 Å². The lowest BCUT2D eigenvalue weighted by Gasteiger charge is -2.16. The van der Waals surface area contributed by atoms with E-state index in [2.05, 4.69) is 9.44 Å². The molecule has 0 amide bonds. The Bertz CT molecular complexity index is 1630. The molecule has 4 rings (SSSR count). The van der Waals surface area contributed by atoms with Gasteiger partial charge in [0.1, 0.15) is 16.2 Å². The number of aromatic carboxylic acids is 1. The van der Waals surface area contributed by atoms with E-state index in [9.17, 15) is 26.7 Å². The van der Waals surface area contributed by atoms with E-state index in [1.807, 2.05) is 0 Å². The molecule has 13 heteroatoms. The number of benzene rings is 3. The molecule has 0 fully saturated rings. The van der Waals surface area contributed by atoms with Crippen LogP contribution in [0.3, 0.4) is 0 Å². The maximum absolute atomic E-state index is 13.1. The maximum atomic E-state index is 13.1. The van der Waals surface area contributed by atoms with Crippen LogP contribution in [-0.2, 0) is 20.0 Å². The van der Waals surface area contributed by atoms with Crippen molar-refractivity contribution in [3.05, 3.63) is 77.3 Å².